The number of nitrogens with zero attached hydrogens (tertiary/aromatic N) is 2. The van der Waals surface area contributed by atoms with Crippen LogP contribution in [0.2, 0.25) is 0 Å². The minimum Gasteiger partial charge on any atom is -0.366 e. The number of H-pyrrole nitrogens is 1. The lowest BCUT2D eigenvalue weighted by Crippen LogP contribution is -2.23. The van der Waals surface area contributed by atoms with Crippen molar-refractivity contribution in [3.8, 4) is 0 Å². The highest BCUT2D eigenvalue weighted by molar-refractivity contribution is 7.98. The van der Waals surface area contributed by atoms with Crippen molar-refractivity contribution in [3.05, 3.63) is 77.1 Å². The third-order valence-electron chi connectivity index (χ3n) is 3.65. The molecule has 0 saturated carbocycles. The number of benzene rings is 2. The van der Waals surface area contributed by atoms with E-state index in [0.29, 0.717) is 17.7 Å². The van der Waals surface area contributed by atoms with E-state index in [0.717, 1.165) is 22.0 Å². The zero-order valence-electron chi connectivity index (χ0n) is 13.8. The Hall–Kier alpha value is -3.13. The summed E-state index contributed by atoms with van der Waals surface area (Å²) in [7, 11) is 0. The zero-order valence-corrected chi connectivity index (χ0v) is 14.6. The van der Waals surface area contributed by atoms with E-state index < -0.39 is 5.91 Å². The molecule has 0 aliphatic carbocycles. The Morgan fingerprint density at radius 3 is 2.58 bits per heavy atom. The topological polar surface area (TPSA) is 114 Å². The van der Waals surface area contributed by atoms with E-state index in [-0.39, 0.29) is 5.91 Å². The molecule has 26 heavy (non-hydrogen) atoms. The van der Waals surface area contributed by atoms with Crippen molar-refractivity contribution in [2.24, 2.45) is 5.73 Å². The highest BCUT2D eigenvalue weighted by Gasteiger charge is 2.07. The molecule has 2 amide bonds. The maximum atomic E-state index is 12.3. The van der Waals surface area contributed by atoms with Crippen molar-refractivity contribution >= 4 is 23.6 Å². The van der Waals surface area contributed by atoms with Gasteiger partial charge in [-0.2, -0.15) is 5.10 Å². The molecule has 3 aromatic rings. The monoisotopic (exact) mass is 367 g/mol. The Bertz CT molecular complexity index is 894. The Labute approximate surface area is 154 Å². The predicted octanol–water partition coefficient (Wildman–Crippen LogP) is 2.13. The number of carbonyl (C=O) groups is 2. The van der Waals surface area contributed by atoms with Crippen molar-refractivity contribution in [2.75, 3.05) is 0 Å². The van der Waals surface area contributed by atoms with E-state index in [4.69, 9.17) is 5.73 Å². The lowest BCUT2D eigenvalue weighted by Gasteiger charge is -2.07. The van der Waals surface area contributed by atoms with E-state index >= 15 is 0 Å². The quantitative estimate of drug-likeness (QED) is 0.554. The number of hydrogen-bond acceptors (Lipinski definition) is 5. The molecule has 0 saturated heterocycles. The van der Waals surface area contributed by atoms with Crippen LogP contribution in [0.1, 0.15) is 31.8 Å². The second-order valence-corrected chi connectivity index (χ2v) is 6.49. The molecular weight excluding hydrogens is 350 g/mol. The van der Waals surface area contributed by atoms with Gasteiger partial charge in [0.15, 0.2) is 5.16 Å². The van der Waals surface area contributed by atoms with Gasteiger partial charge in [0.1, 0.15) is 6.33 Å². The first-order valence-electron chi connectivity index (χ1n) is 7.86. The second-order valence-electron chi connectivity index (χ2n) is 5.52. The van der Waals surface area contributed by atoms with Crippen molar-refractivity contribution < 1.29 is 9.59 Å². The molecule has 0 aliphatic rings. The molecule has 4 N–H and O–H groups in total. The molecule has 0 aliphatic heterocycles. The van der Waals surface area contributed by atoms with Gasteiger partial charge in [0.05, 0.1) is 0 Å². The number of nitrogens with one attached hydrogen (secondary N) is 2. The van der Waals surface area contributed by atoms with Gasteiger partial charge in [-0.1, -0.05) is 36.0 Å². The minimum atomic E-state index is -0.489. The number of thioether (sulfide) groups is 1. The molecule has 8 heteroatoms. The smallest absolute Gasteiger partial charge is 0.251 e. The maximum absolute atomic E-state index is 12.3. The van der Waals surface area contributed by atoms with E-state index in [1.807, 2.05) is 18.2 Å². The summed E-state index contributed by atoms with van der Waals surface area (Å²) in [6.45, 7) is 0.322. The number of hydrogen-bond donors (Lipinski definition) is 3. The number of rotatable bonds is 7. The SMILES string of the molecule is NC(=O)c1cccc(CNC(=O)c2ccc(CSc3ncn[nH]3)cc2)c1. The van der Waals surface area contributed by atoms with Gasteiger partial charge in [-0.25, -0.2) is 4.98 Å². The summed E-state index contributed by atoms with van der Waals surface area (Å²) in [4.78, 5) is 27.5. The van der Waals surface area contributed by atoms with Crippen LogP contribution in [0.3, 0.4) is 0 Å². The van der Waals surface area contributed by atoms with Gasteiger partial charge >= 0.3 is 0 Å². The fraction of sp³-hybridized carbons (Fsp3) is 0.111. The molecule has 1 aromatic heterocycles. The Morgan fingerprint density at radius 1 is 1.08 bits per heavy atom. The van der Waals surface area contributed by atoms with Gasteiger partial charge in [0, 0.05) is 23.4 Å². The van der Waals surface area contributed by atoms with Crippen LogP contribution in [0.25, 0.3) is 0 Å². The first-order valence-corrected chi connectivity index (χ1v) is 8.84. The molecule has 0 bridgehead atoms. The molecule has 2 aromatic carbocycles. The largest absolute Gasteiger partial charge is 0.366 e. The van der Waals surface area contributed by atoms with E-state index in [2.05, 4.69) is 20.5 Å². The van der Waals surface area contributed by atoms with Gasteiger partial charge in [-0.3, -0.25) is 14.7 Å². The second kappa shape index (κ2) is 8.30. The summed E-state index contributed by atoms with van der Waals surface area (Å²) in [5.41, 5.74) is 8.15. The third-order valence-corrected chi connectivity index (χ3v) is 4.60. The molecule has 132 valence electrons. The van der Waals surface area contributed by atoms with Gasteiger partial charge < -0.3 is 11.1 Å². The van der Waals surface area contributed by atoms with Crippen molar-refractivity contribution in [3.63, 3.8) is 0 Å². The fourth-order valence-corrected chi connectivity index (χ4v) is 3.02. The molecule has 0 atom stereocenters. The van der Waals surface area contributed by atoms with Crippen LogP contribution in [-0.2, 0) is 12.3 Å². The van der Waals surface area contributed by atoms with Gasteiger partial charge in [-0.05, 0) is 35.4 Å². The molecule has 7 nitrogen and oxygen atoms in total. The lowest BCUT2D eigenvalue weighted by atomic mass is 10.1. The van der Waals surface area contributed by atoms with Crippen LogP contribution < -0.4 is 11.1 Å². The van der Waals surface area contributed by atoms with E-state index in [1.165, 1.54) is 18.1 Å². The highest BCUT2D eigenvalue weighted by Crippen LogP contribution is 2.18. The number of carbonyl (C=O) groups excluding carboxylic acids is 2. The number of aromatic nitrogens is 3. The average Bonchev–Trinajstić information content (AvgIpc) is 3.19. The lowest BCUT2D eigenvalue weighted by molar-refractivity contribution is 0.0950. The Balaban J connectivity index is 1.54. The van der Waals surface area contributed by atoms with Crippen LogP contribution in [0, 0.1) is 0 Å². The van der Waals surface area contributed by atoms with E-state index in [1.54, 1.807) is 30.3 Å². The van der Waals surface area contributed by atoms with Crippen molar-refractivity contribution in [1.29, 1.82) is 0 Å². The first-order chi connectivity index (χ1) is 12.6. The molecule has 0 unspecified atom stereocenters. The summed E-state index contributed by atoms with van der Waals surface area (Å²) in [6.07, 6.45) is 1.47. The van der Waals surface area contributed by atoms with Crippen LogP contribution in [-0.4, -0.2) is 27.0 Å². The zero-order chi connectivity index (χ0) is 18.4. The first kappa shape index (κ1) is 17.7. The van der Waals surface area contributed by atoms with Crippen LogP contribution in [0.4, 0.5) is 0 Å². The minimum absolute atomic E-state index is 0.177. The van der Waals surface area contributed by atoms with Crippen LogP contribution in [0.5, 0.6) is 0 Å². The van der Waals surface area contributed by atoms with Crippen molar-refractivity contribution in [2.45, 2.75) is 17.5 Å². The summed E-state index contributed by atoms with van der Waals surface area (Å²) in [6, 6.07) is 14.3. The van der Waals surface area contributed by atoms with Gasteiger partial charge in [0.25, 0.3) is 5.91 Å². The average molecular weight is 367 g/mol. The number of primary amides is 1. The standard InChI is InChI=1S/C18H17N5O2S/c19-16(24)15-3-1-2-13(8-15)9-20-17(25)14-6-4-12(5-7-14)10-26-18-21-11-22-23-18/h1-8,11H,9-10H2,(H2,19,24)(H,20,25)(H,21,22,23). The molecule has 0 spiro atoms. The van der Waals surface area contributed by atoms with Gasteiger partial charge in [0.2, 0.25) is 5.91 Å². The number of nitrogens with two attached hydrogens (primary N) is 1. The summed E-state index contributed by atoms with van der Waals surface area (Å²) in [5, 5.41) is 10.2. The number of aromatic amines is 1. The molecule has 0 radical (unpaired) electrons. The molecule has 3 rings (SSSR count). The maximum Gasteiger partial charge on any atom is 0.251 e. The fourth-order valence-electron chi connectivity index (χ4n) is 2.29. The Kier molecular flexibility index (Phi) is 5.65. The summed E-state index contributed by atoms with van der Waals surface area (Å²) < 4.78 is 0. The summed E-state index contributed by atoms with van der Waals surface area (Å²) in [5.74, 6) is 0.0673. The van der Waals surface area contributed by atoms with Crippen LogP contribution >= 0.6 is 11.8 Å². The highest BCUT2D eigenvalue weighted by atomic mass is 32.2. The molecule has 1 heterocycles. The third kappa shape index (κ3) is 4.70. The molecular formula is C18H17N5O2S. The summed E-state index contributed by atoms with van der Waals surface area (Å²) >= 11 is 1.54. The van der Waals surface area contributed by atoms with Crippen molar-refractivity contribution in [1.82, 2.24) is 20.5 Å². The Morgan fingerprint density at radius 2 is 1.88 bits per heavy atom. The van der Waals surface area contributed by atoms with Crippen LogP contribution in [0.15, 0.2) is 60.0 Å². The normalized spacial score (nSPS) is 10.5. The predicted molar refractivity (Wildman–Crippen MR) is 98.5 cm³/mol. The molecule has 0 fully saturated rings. The number of amides is 2. The van der Waals surface area contributed by atoms with Gasteiger partial charge in [-0.15, -0.1) is 0 Å². The van der Waals surface area contributed by atoms with E-state index in [9.17, 15) is 9.59 Å².